The van der Waals surface area contributed by atoms with E-state index in [0.29, 0.717) is 0 Å². The molecule has 3 rings (SSSR count). The maximum absolute atomic E-state index is 5.97. The highest BCUT2D eigenvalue weighted by atomic mass is 16.5. The van der Waals surface area contributed by atoms with Crippen LogP contribution in [0.3, 0.4) is 0 Å². The molecule has 0 spiro atoms. The minimum Gasteiger partial charge on any atom is -0.483 e. The fourth-order valence-corrected chi connectivity index (χ4v) is 2.21. The van der Waals surface area contributed by atoms with Gasteiger partial charge in [0.2, 0.25) is 0 Å². The number of aromatic nitrogens is 2. The van der Waals surface area contributed by atoms with E-state index in [1.807, 2.05) is 37.3 Å². The highest BCUT2D eigenvalue weighted by Crippen LogP contribution is 2.23. The van der Waals surface area contributed by atoms with Crippen LogP contribution in [0.15, 0.2) is 42.5 Å². The second kappa shape index (κ2) is 5.00. The van der Waals surface area contributed by atoms with Crippen molar-refractivity contribution in [3.8, 4) is 5.75 Å². The van der Waals surface area contributed by atoms with Gasteiger partial charge >= 0.3 is 0 Å². The largest absolute Gasteiger partial charge is 0.483 e. The topological polar surface area (TPSA) is 37.9 Å². The number of aryl methyl sites for hydroxylation is 2. The molecule has 1 atom stereocenters. The van der Waals surface area contributed by atoms with Crippen molar-refractivity contribution in [1.29, 1.82) is 0 Å². The predicted molar refractivity (Wildman–Crippen MR) is 81.1 cm³/mol. The van der Waals surface area contributed by atoms with E-state index in [9.17, 15) is 0 Å². The molecule has 102 valence electrons. The smallest absolute Gasteiger partial charge is 0.153 e. The number of hydrogen-bond donors (Lipinski definition) is 1. The first kappa shape index (κ1) is 12.7. The number of rotatable bonds is 3. The van der Waals surface area contributed by atoms with Gasteiger partial charge in [-0.1, -0.05) is 18.2 Å². The summed E-state index contributed by atoms with van der Waals surface area (Å²) in [6, 6.07) is 14.2. The molecule has 1 heterocycles. The monoisotopic (exact) mass is 266 g/mol. The van der Waals surface area contributed by atoms with Gasteiger partial charge in [-0.25, -0.2) is 4.98 Å². The molecule has 1 aromatic heterocycles. The van der Waals surface area contributed by atoms with Crippen molar-refractivity contribution in [3.05, 3.63) is 59.4 Å². The van der Waals surface area contributed by atoms with Crippen LogP contribution in [0.25, 0.3) is 11.0 Å². The average Bonchev–Trinajstić information content (AvgIpc) is 2.87. The van der Waals surface area contributed by atoms with Crippen molar-refractivity contribution >= 4 is 11.0 Å². The summed E-state index contributed by atoms with van der Waals surface area (Å²) in [7, 11) is 0. The van der Waals surface area contributed by atoms with Crippen molar-refractivity contribution in [1.82, 2.24) is 9.97 Å². The number of para-hydroxylation sites is 2. The van der Waals surface area contributed by atoms with Gasteiger partial charge in [0, 0.05) is 0 Å². The van der Waals surface area contributed by atoms with Crippen molar-refractivity contribution in [3.63, 3.8) is 0 Å². The summed E-state index contributed by atoms with van der Waals surface area (Å²) in [6.07, 6.45) is -0.107. The molecule has 0 amide bonds. The van der Waals surface area contributed by atoms with Gasteiger partial charge in [0.05, 0.1) is 11.0 Å². The molecule has 0 aliphatic rings. The van der Waals surface area contributed by atoms with E-state index < -0.39 is 0 Å². The van der Waals surface area contributed by atoms with Crippen LogP contribution in [0.2, 0.25) is 0 Å². The quantitative estimate of drug-likeness (QED) is 0.766. The van der Waals surface area contributed by atoms with Gasteiger partial charge in [0.25, 0.3) is 0 Å². The molecular formula is C17H18N2O. The number of H-pyrrole nitrogens is 1. The van der Waals surface area contributed by atoms with E-state index in [-0.39, 0.29) is 6.10 Å². The molecule has 20 heavy (non-hydrogen) atoms. The van der Waals surface area contributed by atoms with E-state index in [1.165, 1.54) is 11.1 Å². The molecule has 0 aliphatic heterocycles. The summed E-state index contributed by atoms with van der Waals surface area (Å²) in [5.74, 6) is 1.73. The van der Waals surface area contributed by atoms with Gasteiger partial charge in [-0.05, 0) is 56.2 Å². The number of imidazole rings is 1. The molecule has 0 bridgehead atoms. The highest BCUT2D eigenvalue weighted by molar-refractivity contribution is 5.74. The number of nitrogens with zero attached hydrogens (tertiary/aromatic N) is 1. The number of nitrogens with one attached hydrogen (secondary N) is 1. The maximum atomic E-state index is 5.97. The Hall–Kier alpha value is -2.29. The minimum atomic E-state index is -0.107. The van der Waals surface area contributed by atoms with Gasteiger partial charge in [-0.15, -0.1) is 0 Å². The molecule has 0 unspecified atom stereocenters. The SMILES string of the molecule is Cc1ccc(O[C@@H](C)c2nc3ccccc3[nH]2)cc1C. The summed E-state index contributed by atoms with van der Waals surface area (Å²) in [6.45, 7) is 6.20. The van der Waals surface area contributed by atoms with Crippen LogP contribution in [0, 0.1) is 13.8 Å². The predicted octanol–water partition coefficient (Wildman–Crippen LogP) is 4.32. The van der Waals surface area contributed by atoms with Crippen molar-refractivity contribution in [2.75, 3.05) is 0 Å². The molecule has 3 nitrogen and oxygen atoms in total. The lowest BCUT2D eigenvalue weighted by Crippen LogP contribution is -2.05. The van der Waals surface area contributed by atoms with Crippen LogP contribution in [0.5, 0.6) is 5.75 Å². The normalized spacial score (nSPS) is 12.6. The fourth-order valence-electron chi connectivity index (χ4n) is 2.21. The Labute approximate surface area is 118 Å². The molecule has 0 radical (unpaired) electrons. The fraction of sp³-hybridized carbons (Fsp3) is 0.235. The maximum Gasteiger partial charge on any atom is 0.153 e. The molecular weight excluding hydrogens is 248 g/mol. The van der Waals surface area contributed by atoms with Crippen LogP contribution in [-0.2, 0) is 0 Å². The third kappa shape index (κ3) is 2.39. The summed E-state index contributed by atoms with van der Waals surface area (Å²) in [4.78, 5) is 7.87. The Kier molecular flexibility index (Phi) is 3.18. The molecule has 0 aliphatic carbocycles. The van der Waals surface area contributed by atoms with Gasteiger partial charge in [0.1, 0.15) is 11.6 Å². The highest BCUT2D eigenvalue weighted by Gasteiger charge is 2.12. The number of fused-ring (bicyclic) bond motifs is 1. The number of aromatic amines is 1. The van der Waals surface area contributed by atoms with E-state index >= 15 is 0 Å². The third-order valence-electron chi connectivity index (χ3n) is 3.58. The van der Waals surface area contributed by atoms with Crippen LogP contribution >= 0.6 is 0 Å². The lowest BCUT2D eigenvalue weighted by Gasteiger charge is -2.13. The summed E-state index contributed by atoms with van der Waals surface area (Å²) >= 11 is 0. The van der Waals surface area contributed by atoms with E-state index in [0.717, 1.165) is 22.6 Å². The Bertz CT molecular complexity index is 713. The third-order valence-corrected chi connectivity index (χ3v) is 3.58. The second-order valence-corrected chi connectivity index (χ2v) is 5.15. The summed E-state index contributed by atoms with van der Waals surface area (Å²) in [5, 5.41) is 0. The summed E-state index contributed by atoms with van der Waals surface area (Å²) in [5.41, 5.74) is 4.52. The van der Waals surface area contributed by atoms with Gasteiger partial charge in [-0.2, -0.15) is 0 Å². The van der Waals surface area contributed by atoms with Crippen LogP contribution in [0.1, 0.15) is 30.0 Å². The van der Waals surface area contributed by atoms with E-state index in [2.05, 4.69) is 35.9 Å². The Morgan fingerprint density at radius 3 is 2.60 bits per heavy atom. The zero-order valence-electron chi connectivity index (χ0n) is 12.0. The number of benzene rings is 2. The van der Waals surface area contributed by atoms with Gasteiger partial charge < -0.3 is 9.72 Å². The zero-order chi connectivity index (χ0) is 14.1. The molecule has 0 saturated heterocycles. The molecule has 3 aromatic rings. The Morgan fingerprint density at radius 1 is 1.05 bits per heavy atom. The first-order chi connectivity index (χ1) is 9.63. The van der Waals surface area contributed by atoms with Crippen LogP contribution < -0.4 is 4.74 Å². The van der Waals surface area contributed by atoms with Gasteiger partial charge in [-0.3, -0.25) is 0 Å². The number of hydrogen-bond acceptors (Lipinski definition) is 2. The van der Waals surface area contributed by atoms with Crippen molar-refractivity contribution < 1.29 is 4.74 Å². The lowest BCUT2D eigenvalue weighted by molar-refractivity contribution is 0.218. The molecule has 0 fully saturated rings. The van der Waals surface area contributed by atoms with E-state index in [4.69, 9.17) is 4.74 Å². The lowest BCUT2D eigenvalue weighted by atomic mass is 10.1. The molecule has 1 N–H and O–H groups in total. The summed E-state index contributed by atoms with van der Waals surface area (Å²) < 4.78 is 5.97. The molecule has 2 aromatic carbocycles. The van der Waals surface area contributed by atoms with Crippen molar-refractivity contribution in [2.45, 2.75) is 26.9 Å². The Balaban J connectivity index is 1.84. The van der Waals surface area contributed by atoms with Gasteiger partial charge in [0.15, 0.2) is 6.10 Å². The second-order valence-electron chi connectivity index (χ2n) is 5.15. The Morgan fingerprint density at radius 2 is 1.85 bits per heavy atom. The number of ether oxygens (including phenoxy) is 1. The first-order valence-corrected chi connectivity index (χ1v) is 6.82. The van der Waals surface area contributed by atoms with E-state index in [1.54, 1.807) is 0 Å². The zero-order valence-corrected chi connectivity index (χ0v) is 12.0. The first-order valence-electron chi connectivity index (χ1n) is 6.82. The minimum absolute atomic E-state index is 0.107. The van der Waals surface area contributed by atoms with Crippen LogP contribution in [0.4, 0.5) is 0 Å². The van der Waals surface area contributed by atoms with Crippen molar-refractivity contribution in [2.24, 2.45) is 0 Å². The average molecular weight is 266 g/mol. The molecule has 3 heteroatoms. The standard InChI is InChI=1S/C17H18N2O/c1-11-8-9-14(10-12(11)2)20-13(3)17-18-15-6-4-5-7-16(15)19-17/h4-10,13H,1-3H3,(H,18,19)/t13-/m0/s1. The molecule has 0 saturated carbocycles. The van der Waals surface area contributed by atoms with Crippen LogP contribution in [-0.4, -0.2) is 9.97 Å².